The molecule has 0 saturated heterocycles. The first-order chi connectivity index (χ1) is 6.20. The summed E-state index contributed by atoms with van der Waals surface area (Å²) >= 11 is 0. The van der Waals surface area contributed by atoms with Crippen molar-refractivity contribution >= 4 is 5.97 Å². The molecule has 4 heteroatoms. The molecule has 0 atom stereocenters. The summed E-state index contributed by atoms with van der Waals surface area (Å²) in [4.78, 5) is 11.1. The zero-order valence-electron chi connectivity index (χ0n) is 7.37. The van der Waals surface area contributed by atoms with E-state index in [-0.39, 0.29) is 17.1 Å². The highest BCUT2D eigenvalue weighted by molar-refractivity contribution is 5.93. The monoisotopic (exact) mass is 181 g/mol. The highest BCUT2D eigenvalue weighted by Gasteiger charge is 2.16. The lowest BCUT2D eigenvalue weighted by atomic mass is 10.2. The SMILES string of the molecule is COC(=O)c1cccc([O])c1OC. The lowest BCUT2D eigenvalue weighted by Crippen LogP contribution is -2.03. The second-order valence-electron chi connectivity index (χ2n) is 2.33. The predicted molar refractivity (Wildman–Crippen MR) is 44.5 cm³/mol. The van der Waals surface area contributed by atoms with Crippen LogP contribution < -0.4 is 4.74 Å². The average molecular weight is 181 g/mol. The van der Waals surface area contributed by atoms with Gasteiger partial charge in [-0.1, -0.05) is 6.07 Å². The van der Waals surface area contributed by atoms with E-state index in [4.69, 9.17) is 4.74 Å². The van der Waals surface area contributed by atoms with Gasteiger partial charge in [0.25, 0.3) is 0 Å². The van der Waals surface area contributed by atoms with E-state index in [2.05, 4.69) is 4.74 Å². The molecule has 13 heavy (non-hydrogen) atoms. The quantitative estimate of drug-likeness (QED) is 0.651. The number of carbonyl (C=O) groups is 1. The summed E-state index contributed by atoms with van der Waals surface area (Å²) in [5, 5.41) is 11.2. The molecule has 1 aromatic rings. The third-order valence-corrected chi connectivity index (χ3v) is 1.59. The van der Waals surface area contributed by atoms with Crippen molar-refractivity contribution in [2.45, 2.75) is 0 Å². The van der Waals surface area contributed by atoms with E-state index in [0.717, 1.165) is 0 Å². The lowest BCUT2D eigenvalue weighted by molar-refractivity contribution is 0.0596. The molecule has 0 saturated carbocycles. The van der Waals surface area contributed by atoms with Gasteiger partial charge in [0.05, 0.1) is 14.2 Å². The van der Waals surface area contributed by atoms with Gasteiger partial charge in [0.1, 0.15) is 5.56 Å². The minimum Gasteiger partial charge on any atom is -0.492 e. The Morgan fingerprint density at radius 2 is 2.00 bits per heavy atom. The number of carbonyl (C=O) groups excluding carboxylic acids is 1. The van der Waals surface area contributed by atoms with Crippen LogP contribution in [-0.4, -0.2) is 20.2 Å². The molecule has 69 valence electrons. The van der Waals surface area contributed by atoms with Gasteiger partial charge in [-0.05, 0) is 12.1 Å². The number of hydrogen-bond donors (Lipinski definition) is 0. The van der Waals surface area contributed by atoms with Gasteiger partial charge in [-0.2, -0.15) is 0 Å². The largest absolute Gasteiger partial charge is 0.492 e. The van der Waals surface area contributed by atoms with Gasteiger partial charge < -0.3 is 9.47 Å². The Kier molecular flexibility index (Phi) is 2.74. The maximum absolute atomic E-state index is 11.2. The second-order valence-corrected chi connectivity index (χ2v) is 2.33. The second kappa shape index (κ2) is 3.80. The van der Waals surface area contributed by atoms with Crippen LogP contribution in [0.3, 0.4) is 0 Å². The van der Waals surface area contributed by atoms with E-state index in [9.17, 15) is 9.90 Å². The molecule has 0 fully saturated rings. The Morgan fingerprint density at radius 1 is 1.31 bits per heavy atom. The van der Waals surface area contributed by atoms with Crippen LogP contribution in [0.25, 0.3) is 0 Å². The van der Waals surface area contributed by atoms with Crippen molar-refractivity contribution in [2.75, 3.05) is 14.2 Å². The van der Waals surface area contributed by atoms with E-state index in [1.807, 2.05) is 0 Å². The van der Waals surface area contributed by atoms with Gasteiger partial charge in [0, 0.05) is 0 Å². The van der Waals surface area contributed by atoms with Crippen molar-refractivity contribution in [3.05, 3.63) is 23.8 Å². The normalized spacial score (nSPS) is 9.38. The summed E-state index contributed by atoms with van der Waals surface area (Å²) in [6.07, 6.45) is 0. The lowest BCUT2D eigenvalue weighted by Gasteiger charge is -2.05. The summed E-state index contributed by atoms with van der Waals surface area (Å²) < 4.78 is 9.26. The molecule has 0 N–H and O–H groups in total. The molecule has 1 rings (SSSR count). The van der Waals surface area contributed by atoms with Crippen LogP contribution in [0.4, 0.5) is 0 Å². The summed E-state index contributed by atoms with van der Waals surface area (Å²) in [6.45, 7) is 0. The molecule has 0 heterocycles. The van der Waals surface area contributed by atoms with Crippen molar-refractivity contribution in [2.24, 2.45) is 0 Å². The van der Waals surface area contributed by atoms with Crippen LogP contribution in [0.2, 0.25) is 0 Å². The van der Waals surface area contributed by atoms with Gasteiger partial charge >= 0.3 is 5.97 Å². The minimum atomic E-state index is -0.574. The number of hydrogen-bond acceptors (Lipinski definition) is 3. The number of benzene rings is 1. The summed E-state index contributed by atoms with van der Waals surface area (Å²) in [6, 6.07) is 4.29. The van der Waals surface area contributed by atoms with Crippen molar-refractivity contribution in [1.82, 2.24) is 0 Å². The molecule has 0 amide bonds. The summed E-state index contributed by atoms with van der Waals surface area (Å²) in [5.74, 6) is -0.880. The first kappa shape index (κ1) is 9.38. The number of methoxy groups -OCH3 is 2. The molecule has 0 aliphatic carbocycles. The maximum atomic E-state index is 11.2. The first-order valence-corrected chi connectivity index (χ1v) is 3.63. The highest BCUT2D eigenvalue weighted by atomic mass is 16.5. The van der Waals surface area contributed by atoms with Crippen LogP contribution >= 0.6 is 0 Å². The maximum Gasteiger partial charge on any atom is 0.341 e. The Labute approximate surface area is 75.7 Å². The van der Waals surface area contributed by atoms with E-state index in [1.165, 1.54) is 32.4 Å². The standard InChI is InChI=1S/C9H9O4/c1-12-8-6(9(11)13-2)4-3-5-7(8)10/h3-5H,1-2H3. The Hall–Kier alpha value is -1.71. The van der Waals surface area contributed by atoms with Crippen molar-refractivity contribution in [3.8, 4) is 11.5 Å². The number of esters is 1. The molecule has 0 spiro atoms. The number of rotatable bonds is 2. The Balaban J connectivity index is 3.20. The molecule has 4 nitrogen and oxygen atoms in total. The van der Waals surface area contributed by atoms with E-state index in [0.29, 0.717) is 0 Å². The molecule has 1 radical (unpaired) electrons. The van der Waals surface area contributed by atoms with Crippen LogP contribution in [0.1, 0.15) is 10.4 Å². The zero-order chi connectivity index (χ0) is 9.84. The molecule has 0 aliphatic heterocycles. The zero-order valence-corrected chi connectivity index (χ0v) is 7.37. The van der Waals surface area contributed by atoms with Crippen LogP contribution in [0.5, 0.6) is 11.5 Å². The van der Waals surface area contributed by atoms with Crippen LogP contribution in [0.15, 0.2) is 18.2 Å². The van der Waals surface area contributed by atoms with E-state index >= 15 is 0 Å². The molecule has 0 aliphatic rings. The van der Waals surface area contributed by atoms with E-state index in [1.54, 1.807) is 0 Å². The molecule has 1 aromatic carbocycles. The fraction of sp³-hybridized carbons (Fsp3) is 0.222. The van der Waals surface area contributed by atoms with E-state index < -0.39 is 5.97 Å². The number of para-hydroxylation sites is 1. The van der Waals surface area contributed by atoms with Gasteiger partial charge in [-0.3, -0.25) is 5.11 Å². The van der Waals surface area contributed by atoms with Crippen LogP contribution in [0, 0.1) is 0 Å². The smallest absolute Gasteiger partial charge is 0.341 e. The fourth-order valence-electron chi connectivity index (χ4n) is 0.997. The Morgan fingerprint density at radius 3 is 2.54 bits per heavy atom. The van der Waals surface area contributed by atoms with Gasteiger partial charge in [0.2, 0.25) is 5.75 Å². The fourth-order valence-corrected chi connectivity index (χ4v) is 0.997. The summed E-state index contributed by atoms with van der Waals surface area (Å²) in [5.41, 5.74) is 0.150. The molecular weight excluding hydrogens is 172 g/mol. The van der Waals surface area contributed by atoms with Gasteiger partial charge in [-0.15, -0.1) is 0 Å². The predicted octanol–water partition coefficient (Wildman–Crippen LogP) is 1.63. The van der Waals surface area contributed by atoms with Crippen molar-refractivity contribution in [3.63, 3.8) is 0 Å². The third-order valence-electron chi connectivity index (χ3n) is 1.59. The third kappa shape index (κ3) is 1.72. The molecule has 0 unspecified atom stereocenters. The molecular formula is C9H9O4. The topological polar surface area (TPSA) is 55.4 Å². The van der Waals surface area contributed by atoms with Crippen LogP contribution in [-0.2, 0) is 9.84 Å². The highest BCUT2D eigenvalue weighted by Crippen LogP contribution is 2.30. The molecule has 0 aromatic heterocycles. The first-order valence-electron chi connectivity index (χ1n) is 3.63. The average Bonchev–Trinajstić information content (AvgIpc) is 2.16. The minimum absolute atomic E-state index is 0.0225. The Bertz CT molecular complexity index is 319. The summed E-state index contributed by atoms with van der Waals surface area (Å²) in [7, 11) is 2.59. The van der Waals surface area contributed by atoms with Gasteiger partial charge in [0.15, 0.2) is 5.75 Å². The van der Waals surface area contributed by atoms with Crippen molar-refractivity contribution in [1.29, 1.82) is 0 Å². The van der Waals surface area contributed by atoms with Gasteiger partial charge in [-0.25, -0.2) is 4.79 Å². The van der Waals surface area contributed by atoms with Crippen molar-refractivity contribution < 1.29 is 19.4 Å². The molecule has 0 bridgehead atoms. The number of ether oxygens (including phenoxy) is 2.